The Morgan fingerprint density at radius 3 is 2.55 bits per heavy atom. The zero-order valence-corrected chi connectivity index (χ0v) is 24.1. The fraction of sp³-hybridized carbons (Fsp3) is 0.424. The summed E-state index contributed by atoms with van der Waals surface area (Å²) in [5, 5.41) is 6.04. The Labute approximate surface area is 236 Å². The molecule has 2 atom stereocenters. The number of ether oxygens (including phenoxy) is 2. The van der Waals surface area contributed by atoms with E-state index in [0.29, 0.717) is 17.7 Å². The molecule has 3 aromatic rings. The lowest BCUT2D eigenvalue weighted by molar-refractivity contribution is -0.0673. The van der Waals surface area contributed by atoms with Crippen LogP contribution in [-0.2, 0) is 24.1 Å². The molecule has 1 aliphatic heterocycles. The molecule has 7 heteroatoms. The lowest BCUT2D eigenvalue weighted by Crippen LogP contribution is -2.54. The van der Waals surface area contributed by atoms with Crippen LogP contribution in [0.1, 0.15) is 78.5 Å². The van der Waals surface area contributed by atoms with Crippen molar-refractivity contribution < 1.29 is 14.3 Å². The Kier molecular flexibility index (Phi) is 7.80. The number of nitroso groups, excluding NO2 is 1. The lowest BCUT2D eigenvalue weighted by atomic mass is 9.76. The van der Waals surface area contributed by atoms with Crippen LogP contribution in [0.15, 0.2) is 71.9 Å². The van der Waals surface area contributed by atoms with Gasteiger partial charge in [-0.15, -0.1) is 4.91 Å². The van der Waals surface area contributed by atoms with E-state index in [9.17, 15) is 9.70 Å². The molecule has 0 aromatic heterocycles. The number of benzene rings is 3. The summed E-state index contributed by atoms with van der Waals surface area (Å²) in [6.45, 7) is 11.6. The van der Waals surface area contributed by atoms with Crippen molar-refractivity contribution in [1.82, 2.24) is 10.2 Å². The third-order valence-corrected chi connectivity index (χ3v) is 8.20. The number of aryl methyl sites for hydroxylation is 2. The maximum Gasteiger partial charge on any atom is 0.253 e. The number of amides is 1. The van der Waals surface area contributed by atoms with Gasteiger partial charge in [-0.1, -0.05) is 42.5 Å². The van der Waals surface area contributed by atoms with Crippen molar-refractivity contribution in [3.8, 4) is 5.75 Å². The standard InChI is InChI=1S/C33H39N3O4/c1-22(2)40-29-14-13-26(17-23(29)3)30(35-38)34-31(37)27-12-11-25-15-16-33(19-28(25)18-27)21-39-32(4,5)36(33)20-24-9-7-6-8-10-24/h6-14,17-18,22,30H,15-16,19-21H2,1-5H3,(H,34,37). The molecule has 3 aromatic carbocycles. The van der Waals surface area contributed by atoms with Crippen molar-refractivity contribution in [2.24, 2.45) is 5.18 Å². The van der Waals surface area contributed by atoms with E-state index in [2.05, 4.69) is 53.5 Å². The smallest absolute Gasteiger partial charge is 0.253 e. The summed E-state index contributed by atoms with van der Waals surface area (Å²) in [5.41, 5.74) is 5.16. The van der Waals surface area contributed by atoms with Crippen LogP contribution in [0.25, 0.3) is 0 Å². The zero-order chi connectivity index (χ0) is 28.5. The van der Waals surface area contributed by atoms with Gasteiger partial charge in [0.05, 0.1) is 18.2 Å². The van der Waals surface area contributed by atoms with Crippen LogP contribution >= 0.6 is 0 Å². The molecule has 1 amide bonds. The van der Waals surface area contributed by atoms with E-state index in [1.165, 1.54) is 11.1 Å². The van der Waals surface area contributed by atoms with Crippen molar-refractivity contribution in [1.29, 1.82) is 0 Å². The summed E-state index contributed by atoms with van der Waals surface area (Å²) in [6.07, 6.45) is 1.76. The van der Waals surface area contributed by atoms with E-state index >= 15 is 0 Å². The first kappa shape index (κ1) is 28.0. The zero-order valence-electron chi connectivity index (χ0n) is 24.1. The lowest BCUT2D eigenvalue weighted by Gasteiger charge is -2.45. The molecule has 2 unspecified atom stereocenters. The first-order valence-corrected chi connectivity index (χ1v) is 14.1. The summed E-state index contributed by atoms with van der Waals surface area (Å²) in [5.74, 6) is 0.426. The molecule has 0 bridgehead atoms. The number of nitrogens with zero attached hydrogens (tertiary/aromatic N) is 2. The van der Waals surface area contributed by atoms with Gasteiger partial charge in [-0.25, -0.2) is 0 Å². The number of rotatable bonds is 8. The maximum atomic E-state index is 13.3. The fourth-order valence-corrected chi connectivity index (χ4v) is 6.11. The molecule has 1 aliphatic carbocycles. The summed E-state index contributed by atoms with van der Waals surface area (Å²) < 4.78 is 12.2. The Hall–Kier alpha value is -3.55. The van der Waals surface area contributed by atoms with Gasteiger partial charge in [0.25, 0.3) is 5.91 Å². The van der Waals surface area contributed by atoms with Crippen LogP contribution in [0.4, 0.5) is 0 Å². The van der Waals surface area contributed by atoms with Crippen LogP contribution in [0.2, 0.25) is 0 Å². The number of carbonyl (C=O) groups is 1. The number of carbonyl (C=O) groups excluding carboxylic acids is 1. The van der Waals surface area contributed by atoms with E-state index in [4.69, 9.17) is 9.47 Å². The molecule has 1 spiro atoms. The highest BCUT2D eigenvalue weighted by molar-refractivity contribution is 5.94. The van der Waals surface area contributed by atoms with E-state index < -0.39 is 6.17 Å². The highest BCUT2D eigenvalue weighted by Gasteiger charge is 2.52. The van der Waals surface area contributed by atoms with Crippen molar-refractivity contribution >= 4 is 5.91 Å². The molecule has 1 fully saturated rings. The van der Waals surface area contributed by atoms with Gasteiger partial charge in [0.1, 0.15) is 11.5 Å². The Morgan fingerprint density at radius 1 is 1.07 bits per heavy atom. The number of hydrogen-bond donors (Lipinski definition) is 1. The second-order valence-electron chi connectivity index (χ2n) is 11.9. The SMILES string of the molecule is Cc1cc(C(N=O)NC(=O)c2ccc3c(c2)CC2(CC3)COC(C)(C)N2Cc2ccccc2)ccc1OC(C)C. The maximum absolute atomic E-state index is 13.3. The normalized spacial score (nSPS) is 20.8. The van der Waals surface area contributed by atoms with Gasteiger partial charge in [-0.3, -0.25) is 9.69 Å². The van der Waals surface area contributed by atoms with Crippen molar-refractivity contribution in [2.45, 2.75) is 84.0 Å². The second-order valence-corrected chi connectivity index (χ2v) is 11.9. The van der Waals surface area contributed by atoms with Gasteiger partial charge in [0, 0.05) is 17.7 Å². The van der Waals surface area contributed by atoms with Crippen LogP contribution in [0.3, 0.4) is 0 Å². The molecule has 1 heterocycles. The highest BCUT2D eigenvalue weighted by Crippen LogP contribution is 2.44. The predicted octanol–water partition coefficient (Wildman–Crippen LogP) is 6.47. The van der Waals surface area contributed by atoms with E-state index in [0.717, 1.165) is 42.7 Å². The van der Waals surface area contributed by atoms with Crippen LogP contribution in [0.5, 0.6) is 5.75 Å². The first-order valence-electron chi connectivity index (χ1n) is 14.1. The molecular formula is C33H39N3O4. The largest absolute Gasteiger partial charge is 0.491 e. The Balaban J connectivity index is 1.35. The highest BCUT2D eigenvalue weighted by atomic mass is 16.5. The topological polar surface area (TPSA) is 80.2 Å². The van der Waals surface area contributed by atoms with E-state index in [1.54, 1.807) is 6.07 Å². The van der Waals surface area contributed by atoms with Gasteiger partial charge in [-0.05, 0) is 106 Å². The van der Waals surface area contributed by atoms with Crippen LogP contribution in [-0.4, -0.2) is 34.8 Å². The molecule has 5 rings (SSSR count). The molecule has 1 saturated heterocycles. The predicted molar refractivity (Wildman–Crippen MR) is 156 cm³/mol. The average Bonchev–Trinajstić information content (AvgIpc) is 3.17. The molecule has 2 aliphatic rings. The fourth-order valence-electron chi connectivity index (χ4n) is 6.11. The van der Waals surface area contributed by atoms with Crippen LogP contribution < -0.4 is 10.1 Å². The molecule has 0 radical (unpaired) electrons. The third kappa shape index (κ3) is 5.67. The van der Waals surface area contributed by atoms with Crippen molar-refractivity contribution in [3.05, 3.63) is 105 Å². The van der Waals surface area contributed by atoms with Gasteiger partial charge in [0.15, 0.2) is 6.17 Å². The van der Waals surface area contributed by atoms with E-state index in [1.807, 2.05) is 57.2 Å². The van der Waals surface area contributed by atoms with Gasteiger partial charge in [0.2, 0.25) is 0 Å². The van der Waals surface area contributed by atoms with Gasteiger partial charge >= 0.3 is 0 Å². The number of nitrogens with one attached hydrogen (secondary N) is 1. The minimum absolute atomic E-state index is 0.0414. The Morgan fingerprint density at radius 2 is 1.85 bits per heavy atom. The molecular weight excluding hydrogens is 502 g/mol. The average molecular weight is 542 g/mol. The summed E-state index contributed by atoms with van der Waals surface area (Å²) in [6, 6.07) is 21.8. The molecule has 1 N–H and O–H groups in total. The molecule has 0 saturated carbocycles. The number of fused-ring (bicyclic) bond motifs is 1. The molecule has 40 heavy (non-hydrogen) atoms. The van der Waals surface area contributed by atoms with Crippen molar-refractivity contribution in [2.75, 3.05) is 6.61 Å². The first-order chi connectivity index (χ1) is 19.1. The molecule has 7 nitrogen and oxygen atoms in total. The summed E-state index contributed by atoms with van der Waals surface area (Å²) in [4.78, 5) is 27.6. The second kappa shape index (κ2) is 11.1. The minimum Gasteiger partial charge on any atom is -0.491 e. The van der Waals surface area contributed by atoms with E-state index in [-0.39, 0.29) is 23.3 Å². The number of hydrogen-bond acceptors (Lipinski definition) is 6. The van der Waals surface area contributed by atoms with Gasteiger partial charge in [-0.2, -0.15) is 0 Å². The molecule has 210 valence electrons. The van der Waals surface area contributed by atoms with Crippen molar-refractivity contribution in [3.63, 3.8) is 0 Å². The monoisotopic (exact) mass is 541 g/mol. The van der Waals surface area contributed by atoms with Crippen LogP contribution in [0, 0.1) is 11.8 Å². The Bertz CT molecular complexity index is 1390. The minimum atomic E-state index is -0.993. The summed E-state index contributed by atoms with van der Waals surface area (Å²) >= 11 is 0. The van der Waals surface area contributed by atoms with Gasteiger partial charge < -0.3 is 14.8 Å². The quantitative estimate of drug-likeness (QED) is 0.331. The summed E-state index contributed by atoms with van der Waals surface area (Å²) in [7, 11) is 0. The third-order valence-electron chi connectivity index (χ3n) is 8.20.